The highest BCUT2D eigenvalue weighted by Crippen LogP contribution is 2.06. The molecule has 1 aromatic heterocycles. The molecule has 112 valence electrons. The second kappa shape index (κ2) is 7.57. The summed E-state index contributed by atoms with van der Waals surface area (Å²) in [5, 5.41) is 11.3. The van der Waals surface area contributed by atoms with Crippen molar-refractivity contribution < 1.29 is 4.79 Å². The van der Waals surface area contributed by atoms with E-state index in [2.05, 4.69) is 22.4 Å². The minimum absolute atomic E-state index is 0.158. The zero-order chi connectivity index (χ0) is 15.1. The van der Waals surface area contributed by atoms with E-state index < -0.39 is 0 Å². The fourth-order valence-corrected chi connectivity index (χ4v) is 2.12. The van der Waals surface area contributed by atoms with Crippen LogP contribution in [-0.4, -0.2) is 26.9 Å². The first-order chi connectivity index (χ1) is 10.2. The van der Waals surface area contributed by atoms with E-state index in [1.807, 2.05) is 37.3 Å². The largest absolute Gasteiger partial charge is 0.348 e. The van der Waals surface area contributed by atoms with Gasteiger partial charge in [0.15, 0.2) is 5.69 Å². The summed E-state index contributed by atoms with van der Waals surface area (Å²) in [6.45, 7) is 4.19. The maximum absolute atomic E-state index is 12.1. The van der Waals surface area contributed by atoms with Gasteiger partial charge in [-0.05, 0) is 25.5 Å². The maximum Gasteiger partial charge on any atom is 0.273 e. The summed E-state index contributed by atoms with van der Waals surface area (Å²) < 4.78 is 0. The molecule has 5 heteroatoms. The summed E-state index contributed by atoms with van der Waals surface area (Å²) in [5.41, 5.74) is 1.19. The Morgan fingerprint density at radius 1 is 1.29 bits per heavy atom. The van der Waals surface area contributed by atoms with E-state index >= 15 is 0 Å². The number of unbranched alkanes of at least 4 members (excludes halogenated alkanes) is 2. The first-order valence-corrected chi connectivity index (χ1v) is 7.49. The molecule has 1 aromatic carbocycles. The summed E-state index contributed by atoms with van der Waals surface area (Å²) >= 11 is 0. The van der Waals surface area contributed by atoms with Gasteiger partial charge in [-0.1, -0.05) is 44.4 Å². The lowest BCUT2D eigenvalue weighted by molar-refractivity contribution is 0.0932. The van der Waals surface area contributed by atoms with Crippen molar-refractivity contribution in [3.8, 4) is 5.69 Å². The predicted octanol–water partition coefficient (Wildman–Crippen LogP) is 2.97. The van der Waals surface area contributed by atoms with Crippen LogP contribution in [0.15, 0.2) is 36.5 Å². The van der Waals surface area contributed by atoms with Gasteiger partial charge in [0.25, 0.3) is 5.91 Å². The Bertz CT molecular complexity index is 565. The Balaban J connectivity index is 1.93. The molecule has 21 heavy (non-hydrogen) atoms. The SMILES string of the molecule is CCCCCC(C)NC(=O)c1cnn(-c2ccccc2)n1. The number of para-hydroxylation sites is 1. The number of benzene rings is 1. The van der Waals surface area contributed by atoms with Crippen molar-refractivity contribution in [1.82, 2.24) is 20.3 Å². The molecule has 1 heterocycles. The first-order valence-electron chi connectivity index (χ1n) is 7.49. The van der Waals surface area contributed by atoms with Gasteiger partial charge in [0.2, 0.25) is 0 Å². The van der Waals surface area contributed by atoms with Crippen LogP contribution in [0.2, 0.25) is 0 Å². The molecule has 1 amide bonds. The molecule has 5 nitrogen and oxygen atoms in total. The van der Waals surface area contributed by atoms with Gasteiger partial charge in [-0.15, -0.1) is 5.10 Å². The minimum atomic E-state index is -0.166. The van der Waals surface area contributed by atoms with Gasteiger partial charge in [0, 0.05) is 6.04 Å². The van der Waals surface area contributed by atoms with Crippen LogP contribution in [0, 0.1) is 0 Å². The molecule has 0 saturated carbocycles. The van der Waals surface area contributed by atoms with Gasteiger partial charge in [-0.2, -0.15) is 9.90 Å². The number of hydrogen-bond acceptors (Lipinski definition) is 3. The number of amides is 1. The third kappa shape index (κ3) is 4.41. The summed E-state index contributed by atoms with van der Waals surface area (Å²) in [6, 6.07) is 9.71. The molecule has 0 radical (unpaired) electrons. The Hall–Kier alpha value is -2.17. The van der Waals surface area contributed by atoms with Gasteiger partial charge in [-0.3, -0.25) is 4.79 Å². The van der Waals surface area contributed by atoms with Crippen LogP contribution in [0.5, 0.6) is 0 Å². The van der Waals surface area contributed by atoms with Crippen molar-refractivity contribution in [2.75, 3.05) is 0 Å². The normalized spacial score (nSPS) is 12.1. The Kier molecular flexibility index (Phi) is 5.49. The number of carbonyl (C=O) groups excluding carboxylic acids is 1. The first kappa shape index (κ1) is 15.2. The third-order valence-corrected chi connectivity index (χ3v) is 3.33. The molecule has 0 fully saturated rings. The highest BCUT2D eigenvalue weighted by Gasteiger charge is 2.13. The van der Waals surface area contributed by atoms with Gasteiger partial charge in [0.05, 0.1) is 11.9 Å². The summed E-state index contributed by atoms with van der Waals surface area (Å²) in [6.07, 6.45) is 6.01. The van der Waals surface area contributed by atoms with E-state index in [-0.39, 0.29) is 11.9 Å². The lowest BCUT2D eigenvalue weighted by Gasteiger charge is -2.12. The number of aromatic nitrogens is 3. The van der Waals surface area contributed by atoms with Crippen molar-refractivity contribution in [2.45, 2.75) is 45.6 Å². The molecule has 0 bridgehead atoms. The Morgan fingerprint density at radius 2 is 2.05 bits per heavy atom. The second-order valence-corrected chi connectivity index (χ2v) is 5.23. The van der Waals surface area contributed by atoms with E-state index in [0.29, 0.717) is 5.69 Å². The fourth-order valence-electron chi connectivity index (χ4n) is 2.12. The lowest BCUT2D eigenvalue weighted by Crippen LogP contribution is -2.32. The quantitative estimate of drug-likeness (QED) is 0.796. The Morgan fingerprint density at radius 3 is 2.76 bits per heavy atom. The molecule has 1 unspecified atom stereocenters. The van der Waals surface area contributed by atoms with Crippen molar-refractivity contribution in [3.05, 3.63) is 42.2 Å². The van der Waals surface area contributed by atoms with E-state index in [4.69, 9.17) is 0 Å². The van der Waals surface area contributed by atoms with Gasteiger partial charge >= 0.3 is 0 Å². The number of nitrogens with one attached hydrogen (secondary N) is 1. The molecule has 0 saturated heterocycles. The monoisotopic (exact) mass is 286 g/mol. The van der Waals surface area contributed by atoms with Crippen LogP contribution < -0.4 is 5.32 Å². The molecule has 2 rings (SSSR count). The smallest absolute Gasteiger partial charge is 0.273 e. The van der Waals surface area contributed by atoms with E-state index in [1.165, 1.54) is 23.8 Å². The van der Waals surface area contributed by atoms with E-state index in [1.54, 1.807) is 0 Å². The molecule has 2 aromatic rings. The minimum Gasteiger partial charge on any atom is -0.348 e. The lowest BCUT2D eigenvalue weighted by atomic mass is 10.1. The highest BCUT2D eigenvalue weighted by atomic mass is 16.2. The molecule has 0 spiro atoms. The summed E-state index contributed by atoms with van der Waals surface area (Å²) in [5.74, 6) is -0.166. The van der Waals surface area contributed by atoms with Crippen LogP contribution in [0.25, 0.3) is 5.69 Å². The van der Waals surface area contributed by atoms with E-state index in [9.17, 15) is 4.79 Å². The summed E-state index contributed by atoms with van der Waals surface area (Å²) in [4.78, 5) is 13.6. The average molecular weight is 286 g/mol. The van der Waals surface area contributed by atoms with Gasteiger partial charge in [0.1, 0.15) is 0 Å². The molecule has 0 aliphatic carbocycles. The number of hydrogen-bond donors (Lipinski definition) is 1. The van der Waals surface area contributed by atoms with Crippen molar-refractivity contribution >= 4 is 5.91 Å². The van der Waals surface area contributed by atoms with Crippen molar-refractivity contribution in [2.24, 2.45) is 0 Å². The summed E-state index contributed by atoms with van der Waals surface area (Å²) in [7, 11) is 0. The molecule has 1 atom stereocenters. The van der Waals surface area contributed by atoms with Crippen molar-refractivity contribution in [3.63, 3.8) is 0 Å². The maximum atomic E-state index is 12.1. The van der Waals surface area contributed by atoms with Crippen LogP contribution in [-0.2, 0) is 0 Å². The Labute approximate surface area is 125 Å². The zero-order valence-corrected chi connectivity index (χ0v) is 12.6. The van der Waals surface area contributed by atoms with Crippen LogP contribution in [0.1, 0.15) is 50.0 Å². The number of rotatable bonds is 7. The standard InChI is InChI=1S/C16H22N4O/c1-3-4-6-9-13(2)18-16(21)15-12-17-20(19-15)14-10-7-5-8-11-14/h5,7-8,10-13H,3-4,6,9H2,1-2H3,(H,18,21). The third-order valence-electron chi connectivity index (χ3n) is 3.33. The molecule has 0 aliphatic heterocycles. The molecule has 1 N–H and O–H groups in total. The van der Waals surface area contributed by atoms with Crippen LogP contribution >= 0.6 is 0 Å². The highest BCUT2D eigenvalue weighted by molar-refractivity contribution is 5.92. The number of carbonyl (C=O) groups is 1. The molecular formula is C16H22N4O. The van der Waals surface area contributed by atoms with Crippen LogP contribution in [0.4, 0.5) is 0 Å². The number of nitrogens with zero attached hydrogens (tertiary/aromatic N) is 3. The molecule has 0 aliphatic rings. The van der Waals surface area contributed by atoms with Gasteiger partial charge < -0.3 is 5.32 Å². The fraction of sp³-hybridized carbons (Fsp3) is 0.438. The average Bonchev–Trinajstić information content (AvgIpc) is 2.98. The van der Waals surface area contributed by atoms with Crippen LogP contribution in [0.3, 0.4) is 0 Å². The van der Waals surface area contributed by atoms with E-state index in [0.717, 1.165) is 18.5 Å². The molecular weight excluding hydrogens is 264 g/mol. The topological polar surface area (TPSA) is 59.8 Å². The second-order valence-electron chi connectivity index (χ2n) is 5.23. The van der Waals surface area contributed by atoms with Gasteiger partial charge in [-0.25, -0.2) is 0 Å². The van der Waals surface area contributed by atoms with Crippen molar-refractivity contribution in [1.29, 1.82) is 0 Å². The predicted molar refractivity (Wildman–Crippen MR) is 82.4 cm³/mol. The zero-order valence-electron chi connectivity index (χ0n) is 12.6.